The van der Waals surface area contributed by atoms with Crippen molar-refractivity contribution in [1.29, 1.82) is 0 Å². The number of rotatable bonds is 5. The van der Waals surface area contributed by atoms with Crippen LogP contribution < -0.4 is 5.32 Å². The number of nitrogens with one attached hydrogen (secondary N) is 1. The Labute approximate surface area is 147 Å². The zero-order chi connectivity index (χ0) is 17.2. The van der Waals surface area contributed by atoms with Crippen molar-refractivity contribution in [3.63, 3.8) is 0 Å². The van der Waals surface area contributed by atoms with E-state index >= 15 is 0 Å². The molecular weight excluding hydrogens is 314 g/mol. The quantitative estimate of drug-likeness (QED) is 0.770. The van der Waals surface area contributed by atoms with Crippen LogP contribution in [-0.4, -0.2) is 55.8 Å². The summed E-state index contributed by atoms with van der Waals surface area (Å²) in [4.78, 5) is 15.9. The molecule has 130 valence electrons. The summed E-state index contributed by atoms with van der Waals surface area (Å²) < 4.78 is 1.79. The minimum atomic E-state index is 0.665. The summed E-state index contributed by atoms with van der Waals surface area (Å²) in [7, 11) is 4.12. The summed E-state index contributed by atoms with van der Waals surface area (Å²) >= 11 is 0. The Bertz CT molecular complexity index is 858. The lowest BCUT2D eigenvalue weighted by atomic mass is 10.1. The van der Waals surface area contributed by atoms with E-state index in [9.17, 15) is 0 Å². The summed E-state index contributed by atoms with van der Waals surface area (Å²) in [5, 5.41) is 8.81. The second-order valence-corrected chi connectivity index (χ2v) is 6.63. The lowest BCUT2D eigenvalue weighted by Gasteiger charge is -2.19. The molecule has 7 nitrogen and oxygen atoms in total. The van der Waals surface area contributed by atoms with E-state index in [0.29, 0.717) is 11.9 Å². The van der Waals surface area contributed by atoms with Gasteiger partial charge in [0.2, 0.25) is 0 Å². The fourth-order valence-corrected chi connectivity index (χ4v) is 3.49. The Morgan fingerprint density at radius 1 is 1.20 bits per heavy atom. The average Bonchev–Trinajstić information content (AvgIpc) is 3.22. The summed E-state index contributed by atoms with van der Waals surface area (Å²) in [6, 6.07) is 4.52. The monoisotopic (exact) mass is 337 g/mol. The molecule has 1 aliphatic rings. The van der Waals surface area contributed by atoms with E-state index in [-0.39, 0.29) is 0 Å². The highest BCUT2D eigenvalue weighted by atomic mass is 15.3. The average molecular weight is 337 g/mol. The van der Waals surface area contributed by atoms with Crippen molar-refractivity contribution in [3.05, 3.63) is 30.7 Å². The Balaban J connectivity index is 1.60. The minimum Gasteiger partial charge on any atom is -0.369 e. The maximum absolute atomic E-state index is 4.75. The third-order valence-corrected chi connectivity index (χ3v) is 4.97. The molecule has 0 radical (unpaired) electrons. The molecular formula is C18H23N7. The van der Waals surface area contributed by atoms with Gasteiger partial charge in [0.05, 0.1) is 11.6 Å². The summed E-state index contributed by atoms with van der Waals surface area (Å²) in [6.07, 6.45) is 9.05. The van der Waals surface area contributed by atoms with Crippen LogP contribution in [0.5, 0.6) is 0 Å². The van der Waals surface area contributed by atoms with E-state index in [1.807, 2.05) is 25.4 Å². The largest absolute Gasteiger partial charge is 0.369 e. The number of fused-ring (bicyclic) bond motifs is 1. The number of anilines is 1. The van der Waals surface area contributed by atoms with Gasteiger partial charge in [0.1, 0.15) is 5.82 Å². The van der Waals surface area contributed by atoms with E-state index in [0.717, 1.165) is 35.4 Å². The van der Waals surface area contributed by atoms with Crippen molar-refractivity contribution >= 4 is 16.9 Å². The number of nitrogens with zero attached hydrogens (tertiary/aromatic N) is 6. The second kappa shape index (κ2) is 6.76. The van der Waals surface area contributed by atoms with Crippen molar-refractivity contribution in [2.45, 2.75) is 25.3 Å². The predicted octanol–water partition coefficient (Wildman–Crippen LogP) is 2.32. The first-order valence-corrected chi connectivity index (χ1v) is 8.76. The molecule has 3 aromatic heterocycles. The van der Waals surface area contributed by atoms with E-state index in [2.05, 4.69) is 32.3 Å². The summed E-state index contributed by atoms with van der Waals surface area (Å²) in [6.45, 7) is 2.10. The number of aryl methyl sites for hydroxylation is 1. The number of likely N-dealkylation sites (tertiary alicyclic amines) is 1. The molecule has 1 aliphatic heterocycles. The topological polar surface area (TPSA) is 71.8 Å². The third kappa shape index (κ3) is 3.19. The molecule has 1 atom stereocenters. The van der Waals surface area contributed by atoms with Gasteiger partial charge in [-0.15, -0.1) is 0 Å². The van der Waals surface area contributed by atoms with Gasteiger partial charge in [0, 0.05) is 37.6 Å². The molecule has 1 saturated heterocycles. The Hall–Kier alpha value is -2.54. The molecule has 1 N–H and O–H groups in total. The van der Waals surface area contributed by atoms with Crippen molar-refractivity contribution in [3.8, 4) is 11.4 Å². The predicted molar refractivity (Wildman–Crippen MR) is 98.3 cm³/mol. The Kier molecular flexibility index (Phi) is 4.31. The number of pyridine rings is 1. The molecule has 0 saturated carbocycles. The first-order valence-electron chi connectivity index (χ1n) is 8.76. The zero-order valence-electron chi connectivity index (χ0n) is 14.7. The molecule has 1 fully saturated rings. The van der Waals surface area contributed by atoms with Crippen molar-refractivity contribution < 1.29 is 0 Å². The molecule has 0 unspecified atom stereocenters. The van der Waals surface area contributed by atoms with Gasteiger partial charge in [-0.3, -0.25) is 9.67 Å². The fraction of sp³-hybridized carbons (Fsp3) is 0.444. The van der Waals surface area contributed by atoms with Gasteiger partial charge in [-0.1, -0.05) is 0 Å². The van der Waals surface area contributed by atoms with E-state index in [1.54, 1.807) is 17.1 Å². The SMILES string of the molecule is CN1CCC[C@H]1CCNc1nc(-c2ccncc2)nc2c1cnn2C. The van der Waals surface area contributed by atoms with E-state index < -0.39 is 0 Å². The van der Waals surface area contributed by atoms with Gasteiger partial charge in [0.25, 0.3) is 0 Å². The van der Waals surface area contributed by atoms with Crippen LogP contribution >= 0.6 is 0 Å². The van der Waals surface area contributed by atoms with Gasteiger partial charge in [-0.25, -0.2) is 9.97 Å². The van der Waals surface area contributed by atoms with Crippen LogP contribution in [0.4, 0.5) is 5.82 Å². The normalized spacial score (nSPS) is 18.1. The first kappa shape index (κ1) is 16.0. The molecule has 0 amide bonds. The maximum Gasteiger partial charge on any atom is 0.164 e. The molecule has 4 heterocycles. The molecule has 0 spiro atoms. The highest BCUT2D eigenvalue weighted by Crippen LogP contribution is 2.25. The molecule has 0 bridgehead atoms. The highest BCUT2D eigenvalue weighted by Gasteiger charge is 2.20. The smallest absolute Gasteiger partial charge is 0.164 e. The third-order valence-electron chi connectivity index (χ3n) is 4.97. The second-order valence-electron chi connectivity index (χ2n) is 6.63. The van der Waals surface area contributed by atoms with Crippen LogP contribution in [0.25, 0.3) is 22.4 Å². The van der Waals surface area contributed by atoms with Gasteiger partial charge in [0.15, 0.2) is 11.5 Å². The highest BCUT2D eigenvalue weighted by molar-refractivity contribution is 5.88. The number of hydrogen-bond donors (Lipinski definition) is 1. The molecule has 0 aliphatic carbocycles. The molecule has 7 heteroatoms. The van der Waals surface area contributed by atoms with Crippen molar-refractivity contribution in [2.24, 2.45) is 7.05 Å². The molecule has 0 aromatic carbocycles. The Morgan fingerprint density at radius 2 is 2.04 bits per heavy atom. The molecule has 25 heavy (non-hydrogen) atoms. The lowest BCUT2D eigenvalue weighted by Crippen LogP contribution is -2.27. The van der Waals surface area contributed by atoms with Crippen LogP contribution in [-0.2, 0) is 7.05 Å². The van der Waals surface area contributed by atoms with Crippen LogP contribution in [0, 0.1) is 0 Å². The summed E-state index contributed by atoms with van der Waals surface area (Å²) in [5.41, 5.74) is 1.79. The van der Waals surface area contributed by atoms with E-state index in [4.69, 9.17) is 4.98 Å². The van der Waals surface area contributed by atoms with Gasteiger partial charge >= 0.3 is 0 Å². The fourth-order valence-electron chi connectivity index (χ4n) is 3.49. The van der Waals surface area contributed by atoms with Crippen LogP contribution in [0.1, 0.15) is 19.3 Å². The summed E-state index contributed by atoms with van der Waals surface area (Å²) in [5.74, 6) is 1.55. The van der Waals surface area contributed by atoms with Crippen molar-refractivity contribution in [1.82, 2.24) is 29.6 Å². The number of aromatic nitrogens is 5. The van der Waals surface area contributed by atoms with Crippen molar-refractivity contribution in [2.75, 3.05) is 25.5 Å². The van der Waals surface area contributed by atoms with Gasteiger partial charge in [-0.05, 0) is 45.0 Å². The van der Waals surface area contributed by atoms with Crippen LogP contribution in [0.3, 0.4) is 0 Å². The molecule has 4 rings (SSSR count). The maximum atomic E-state index is 4.75. The van der Waals surface area contributed by atoms with Crippen LogP contribution in [0.2, 0.25) is 0 Å². The van der Waals surface area contributed by atoms with Gasteiger partial charge < -0.3 is 10.2 Å². The van der Waals surface area contributed by atoms with Gasteiger partial charge in [-0.2, -0.15) is 5.10 Å². The standard InChI is InChI=1S/C18H23N7/c1-24-11-3-4-14(24)7-10-20-17-15-12-21-25(2)18(15)23-16(22-17)13-5-8-19-9-6-13/h5-6,8-9,12,14H,3-4,7,10-11H2,1-2H3,(H,20,22,23)/t14-/m0/s1. The van der Waals surface area contributed by atoms with Crippen LogP contribution in [0.15, 0.2) is 30.7 Å². The number of hydrogen-bond acceptors (Lipinski definition) is 6. The first-order chi connectivity index (χ1) is 12.2. The minimum absolute atomic E-state index is 0.665. The lowest BCUT2D eigenvalue weighted by molar-refractivity contribution is 0.301. The Morgan fingerprint density at radius 3 is 2.80 bits per heavy atom. The molecule has 3 aromatic rings. The van der Waals surface area contributed by atoms with E-state index in [1.165, 1.54) is 19.4 Å². The zero-order valence-corrected chi connectivity index (χ0v) is 14.7.